The molecule has 0 radical (unpaired) electrons. The molecule has 106 valence electrons. The van der Waals surface area contributed by atoms with Crippen molar-refractivity contribution in [2.24, 2.45) is 0 Å². The zero-order valence-electron chi connectivity index (χ0n) is 12.4. The minimum Gasteiger partial charge on any atom is -0.493 e. The van der Waals surface area contributed by atoms with Crippen molar-refractivity contribution in [2.45, 2.75) is 53.4 Å². The van der Waals surface area contributed by atoms with Gasteiger partial charge in [0.05, 0.1) is 6.61 Å². The lowest BCUT2D eigenvalue weighted by Crippen LogP contribution is -2.04. The molecule has 0 unspecified atom stereocenters. The van der Waals surface area contributed by atoms with Gasteiger partial charge in [-0.25, -0.2) is 0 Å². The lowest BCUT2D eigenvalue weighted by Gasteiger charge is -2.17. The molecule has 1 N–H and O–H groups in total. The fourth-order valence-electron chi connectivity index (χ4n) is 2.26. The number of benzene rings is 1. The summed E-state index contributed by atoms with van der Waals surface area (Å²) in [5, 5.41) is 8.71. The highest BCUT2D eigenvalue weighted by atomic mass is 16.5. The van der Waals surface area contributed by atoms with Gasteiger partial charge in [-0.05, 0) is 68.4 Å². The molecular formula is C16H24O3. The molecule has 3 nitrogen and oxygen atoms in total. The van der Waals surface area contributed by atoms with Gasteiger partial charge in [0.15, 0.2) is 0 Å². The van der Waals surface area contributed by atoms with E-state index in [9.17, 15) is 4.79 Å². The van der Waals surface area contributed by atoms with Crippen LogP contribution in [0.25, 0.3) is 0 Å². The summed E-state index contributed by atoms with van der Waals surface area (Å²) in [5.41, 5.74) is 4.86. The minimum absolute atomic E-state index is 0.228. The summed E-state index contributed by atoms with van der Waals surface area (Å²) in [4.78, 5) is 10.6. The van der Waals surface area contributed by atoms with Crippen LogP contribution in [0.15, 0.2) is 6.07 Å². The molecular weight excluding hydrogens is 240 g/mol. The van der Waals surface area contributed by atoms with Gasteiger partial charge in [-0.15, -0.1) is 0 Å². The van der Waals surface area contributed by atoms with Gasteiger partial charge in [0, 0.05) is 6.42 Å². The zero-order valence-corrected chi connectivity index (χ0v) is 12.4. The van der Waals surface area contributed by atoms with Gasteiger partial charge >= 0.3 is 5.97 Å². The highest BCUT2D eigenvalue weighted by molar-refractivity contribution is 5.66. The van der Waals surface area contributed by atoms with Crippen LogP contribution in [-0.2, 0) is 11.2 Å². The Hall–Kier alpha value is -1.51. The number of aryl methyl sites for hydroxylation is 1. The number of carboxylic acids is 1. The predicted molar refractivity (Wildman–Crippen MR) is 77.0 cm³/mol. The van der Waals surface area contributed by atoms with Crippen molar-refractivity contribution in [1.82, 2.24) is 0 Å². The smallest absolute Gasteiger partial charge is 0.303 e. The molecule has 0 bridgehead atoms. The normalized spacial score (nSPS) is 10.5. The van der Waals surface area contributed by atoms with Crippen molar-refractivity contribution >= 4 is 5.97 Å². The summed E-state index contributed by atoms with van der Waals surface area (Å²) in [6.07, 6.45) is 2.73. The third kappa shape index (κ3) is 4.27. The number of hydrogen-bond acceptors (Lipinski definition) is 2. The van der Waals surface area contributed by atoms with Crippen LogP contribution < -0.4 is 4.74 Å². The summed E-state index contributed by atoms with van der Waals surface area (Å²) in [7, 11) is 0. The van der Waals surface area contributed by atoms with Gasteiger partial charge in [-0.3, -0.25) is 4.79 Å². The molecule has 1 aromatic carbocycles. The molecule has 0 aliphatic rings. The number of carboxylic acid groups (broad SMARTS) is 1. The van der Waals surface area contributed by atoms with E-state index in [-0.39, 0.29) is 6.42 Å². The third-order valence-corrected chi connectivity index (χ3v) is 3.49. The summed E-state index contributed by atoms with van der Waals surface area (Å²) < 4.78 is 5.75. The van der Waals surface area contributed by atoms with Gasteiger partial charge in [0.25, 0.3) is 0 Å². The molecule has 0 aliphatic heterocycles. The summed E-state index contributed by atoms with van der Waals surface area (Å²) in [5.74, 6) is 0.230. The molecule has 0 aliphatic carbocycles. The number of carbonyl (C=O) groups is 1. The van der Waals surface area contributed by atoms with E-state index in [2.05, 4.69) is 33.8 Å². The van der Waals surface area contributed by atoms with Gasteiger partial charge in [-0.1, -0.05) is 6.92 Å². The van der Waals surface area contributed by atoms with E-state index in [4.69, 9.17) is 9.84 Å². The molecule has 0 heterocycles. The molecule has 0 atom stereocenters. The van der Waals surface area contributed by atoms with Crippen LogP contribution in [0.2, 0.25) is 0 Å². The first-order valence-corrected chi connectivity index (χ1v) is 6.91. The van der Waals surface area contributed by atoms with Gasteiger partial charge < -0.3 is 9.84 Å². The highest BCUT2D eigenvalue weighted by Crippen LogP contribution is 2.28. The Balaban J connectivity index is 2.88. The van der Waals surface area contributed by atoms with Gasteiger partial charge in [0.2, 0.25) is 0 Å². The van der Waals surface area contributed by atoms with Crippen molar-refractivity contribution in [1.29, 1.82) is 0 Å². The third-order valence-electron chi connectivity index (χ3n) is 3.49. The summed E-state index contributed by atoms with van der Waals surface area (Å²) in [6.45, 7) is 9.06. The number of ether oxygens (including phenoxy) is 1. The van der Waals surface area contributed by atoms with Crippen molar-refractivity contribution in [3.8, 4) is 5.75 Å². The monoisotopic (exact) mass is 264 g/mol. The Labute approximate surface area is 115 Å². The van der Waals surface area contributed by atoms with Gasteiger partial charge in [-0.2, -0.15) is 0 Å². The largest absolute Gasteiger partial charge is 0.493 e. The number of aliphatic carboxylic acids is 1. The van der Waals surface area contributed by atoms with Crippen molar-refractivity contribution in [2.75, 3.05) is 6.61 Å². The van der Waals surface area contributed by atoms with Gasteiger partial charge in [0.1, 0.15) is 5.75 Å². The molecule has 0 spiro atoms. The van der Waals surface area contributed by atoms with Crippen LogP contribution >= 0.6 is 0 Å². The van der Waals surface area contributed by atoms with Crippen LogP contribution in [0.5, 0.6) is 5.75 Å². The van der Waals surface area contributed by atoms with Crippen LogP contribution in [0.1, 0.15) is 48.4 Å². The van der Waals surface area contributed by atoms with E-state index in [1.165, 1.54) is 22.3 Å². The van der Waals surface area contributed by atoms with E-state index in [0.717, 1.165) is 25.2 Å². The first-order chi connectivity index (χ1) is 8.97. The maximum absolute atomic E-state index is 10.6. The summed E-state index contributed by atoms with van der Waals surface area (Å²) in [6, 6.07) is 2.08. The molecule has 0 saturated heterocycles. The van der Waals surface area contributed by atoms with Crippen molar-refractivity contribution in [3.05, 3.63) is 28.3 Å². The van der Waals surface area contributed by atoms with E-state index in [1.54, 1.807) is 0 Å². The second kappa shape index (κ2) is 7.17. The average Bonchev–Trinajstić information content (AvgIpc) is 2.36. The second-order valence-corrected chi connectivity index (χ2v) is 5.02. The molecule has 0 saturated carbocycles. The second-order valence-electron chi connectivity index (χ2n) is 5.02. The van der Waals surface area contributed by atoms with Crippen molar-refractivity contribution in [3.63, 3.8) is 0 Å². The lowest BCUT2D eigenvalue weighted by atomic mass is 9.93. The molecule has 0 amide bonds. The SMILES string of the molecule is CCCOc1cc(C)c(CCCC(=O)O)c(C)c1C. The maximum atomic E-state index is 10.6. The molecule has 19 heavy (non-hydrogen) atoms. The Morgan fingerprint density at radius 1 is 1.26 bits per heavy atom. The fraction of sp³-hybridized carbons (Fsp3) is 0.562. The van der Waals surface area contributed by atoms with Crippen LogP contribution in [0.4, 0.5) is 0 Å². The standard InChI is InChI=1S/C16H24O3/c1-5-9-19-15-10-11(2)14(12(3)13(15)4)7-6-8-16(17)18/h10H,5-9H2,1-4H3,(H,17,18). The number of rotatable bonds is 7. The Morgan fingerprint density at radius 2 is 1.95 bits per heavy atom. The van der Waals surface area contributed by atoms with Crippen molar-refractivity contribution < 1.29 is 14.6 Å². The van der Waals surface area contributed by atoms with Crippen LogP contribution in [0, 0.1) is 20.8 Å². The van der Waals surface area contributed by atoms with E-state index < -0.39 is 5.97 Å². The number of hydrogen-bond donors (Lipinski definition) is 1. The first kappa shape index (κ1) is 15.5. The Morgan fingerprint density at radius 3 is 2.53 bits per heavy atom. The van der Waals surface area contributed by atoms with E-state index in [1.807, 2.05) is 0 Å². The van der Waals surface area contributed by atoms with E-state index in [0.29, 0.717) is 6.42 Å². The molecule has 0 aromatic heterocycles. The van der Waals surface area contributed by atoms with Crippen LogP contribution in [-0.4, -0.2) is 17.7 Å². The molecule has 1 aromatic rings. The maximum Gasteiger partial charge on any atom is 0.303 e. The predicted octanol–water partition coefficient (Wildman–Crippen LogP) is 3.81. The van der Waals surface area contributed by atoms with E-state index >= 15 is 0 Å². The molecule has 3 heteroatoms. The fourth-order valence-corrected chi connectivity index (χ4v) is 2.26. The quantitative estimate of drug-likeness (QED) is 0.814. The average molecular weight is 264 g/mol. The Bertz CT molecular complexity index is 450. The highest BCUT2D eigenvalue weighted by Gasteiger charge is 2.11. The van der Waals surface area contributed by atoms with Crippen LogP contribution in [0.3, 0.4) is 0 Å². The molecule has 0 fully saturated rings. The lowest BCUT2D eigenvalue weighted by molar-refractivity contribution is -0.137. The zero-order chi connectivity index (χ0) is 14.4. The molecule has 1 rings (SSSR count). The first-order valence-electron chi connectivity index (χ1n) is 6.91. The topological polar surface area (TPSA) is 46.5 Å². The summed E-state index contributed by atoms with van der Waals surface area (Å²) >= 11 is 0. The Kier molecular flexibility index (Phi) is 5.87. The minimum atomic E-state index is -0.727.